The maximum atomic E-state index is 11.5. The minimum atomic E-state index is 0.101. The van der Waals surface area contributed by atoms with E-state index in [4.69, 9.17) is 10.5 Å². The summed E-state index contributed by atoms with van der Waals surface area (Å²) in [5.41, 5.74) is 5.60. The number of ether oxygens (including phenoxy) is 1. The summed E-state index contributed by atoms with van der Waals surface area (Å²) < 4.78 is 5.57. The Morgan fingerprint density at radius 2 is 2.38 bits per heavy atom. The van der Waals surface area contributed by atoms with Gasteiger partial charge in [0.25, 0.3) is 0 Å². The number of amides is 1. The average Bonchev–Trinajstić information content (AvgIpc) is 2.70. The Labute approximate surface area is 97.9 Å². The van der Waals surface area contributed by atoms with Crippen LogP contribution < -0.4 is 11.1 Å². The largest absolute Gasteiger partial charge is 0.378 e. The summed E-state index contributed by atoms with van der Waals surface area (Å²) in [6.07, 6.45) is 3.70. The highest BCUT2D eigenvalue weighted by molar-refractivity contribution is 5.75. The number of rotatable bonds is 6. The van der Waals surface area contributed by atoms with Crippen LogP contribution in [0.5, 0.6) is 0 Å². The Kier molecular flexibility index (Phi) is 5.77. The number of hydrogen-bond acceptors (Lipinski definition) is 3. The van der Waals surface area contributed by atoms with Crippen molar-refractivity contribution in [1.29, 1.82) is 0 Å². The fraction of sp³-hybridized carbons (Fsp3) is 0.917. The van der Waals surface area contributed by atoms with E-state index in [-0.39, 0.29) is 11.9 Å². The predicted octanol–water partition coefficient (Wildman–Crippen LogP) is 1.05. The molecule has 3 atom stereocenters. The summed E-state index contributed by atoms with van der Waals surface area (Å²) >= 11 is 0. The maximum Gasteiger partial charge on any atom is 0.220 e. The first-order valence-electron chi connectivity index (χ1n) is 6.27. The van der Waals surface area contributed by atoms with Crippen LogP contribution in [-0.4, -0.2) is 31.2 Å². The predicted molar refractivity (Wildman–Crippen MR) is 64.0 cm³/mol. The van der Waals surface area contributed by atoms with Gasteiger partial charge in [0.1, 0.15) is 0 Å². The highest BCUT2D eigenvalue weighted by Crippen LogP contribution is 2.22. The fourth-order valence-electron chi connectivity index (χ4n) is 2.07. The molecule has 0 aromatic carbocycles. The smallest absolute Gasteiger partial charge is 0.220 e. The molecule has 1 amide bonds. The maximum absolute atomic E-state index is 11.5. The van der Waals surface area contributed by atoms with Gasteiger partial charge in [0.15, 0.2) is 0 Å². The second kappa shape index (κ2) is 6.86. The van der Waals surface area contributed by atoms with Crippen molar-refractivity contribution >= 4 is 5.91 Å². The molecule has 94 valence electrons. The number of carbonyl (C=O) groups excluding carboxylic acids is 1. The minimum absolute atomic E-state index is 0.101. The highest BCUT2D eigenvalue weighted by Gasteiger charge is 2.26. The van der Waals surface area contributed by atoms with Crippen molar-refractivity contribution in [3.05, 3.63) is 0 Å². The zero-order valence-corrected chi connectivity index (χ0v) is 10.4. The van der Waals surface area contributed by atoms with E-state index in [1.807, 2.05) is 6.92 Å². The molecule has 0 aliphatic carbocycles. The van der Waals surface area contributed by atoms with Crippen LogP contribution in [-0.2, 0) is 9.53 Å². The number of carbonyl (C=O) groups is 1. The van der Waals surface area contributed by atoms with E-state index in [0.717, 1.165) is 32.4 Å². The Morgan fingerprint density at radius 1 is 1.62 bits per heavy atom. The zero-order valence-electron chi connectivity index (χ0n) is 10.4. The Morgan fingerprint density at radius 3 is 3.00 bits per heavy atom. The van der Waals surface area contributed by atoms with Crippen molar-refractivity contribution < 1.29 is 9.53 Å². The lowest BCUT2D eigenvalue weighted by atomic mass is 9.99. The molecule has 4 nitrogen and oxygen atoms in total. The van der Waals surface area contributed by atoms with Crippen LogP contribution in [0, 0.1) is 5.92 Å². The standard InChI is InChI=1S/C12H24N2O2/c1-3-11-10(6-7-16-11)8-14-12(15)5-4-9(2)13/h9-11H,3-8,13H2,1-2H3,(H,14,15). The molecule has 3 unspecified atom stereocenters. The van der Waals surface area contributed by atoms with Gasteiger partial charge in [0.05, 0.1) is 6.10 Å². The van der Waals surface area contributed by atoms with Gasteiger partial charge in [-0.1, -0.05) is 6.92 Å². The zero-order chi connectivity index (χ0) is 12.0. The van der Waals surface area contributed by atoms with Gasteiger partial charge in [-0.3, -0.25) is 4.79 Å². The number of nitrogens with one attached hydrogen (secondary N) is 1. The van der Waals surface area contributed by atoms with Crippen LogP contribution in [0.15, 0.2) is 0 Å². The van der Waals surface area contributed by atoms with Crippen LogP contribution in [0.25, 0.3) is 0 Å². The van der Waals surface area contributed by atoms with E-state index in [0.29, 0.717) is 18.4 Å². The third-order valence-electron chi connectivity index (χ3n) is 3.14. The molecular formula is C12H24N2O2. The first-order valence-corrected chi connectivity index (χ1v) is 6.27. The average molecular weight is 228 g/mol. The van der Waals surface area contributed by atoms with Crippen molar-refractivity contribution in [2.24, 2.45) is 11.7 Å². The van der Waals surface area contributed by atoms with Gasteiger partial charge < -0.3 is 15.8 Å². The molecule has 3 N–H and O–H groups in total. The molecule has 0 bridgehead atoms. The molecule has 4 heteroatoms. The van der Waals surface area contributed by atoms with Crippen LogP contribution in [0.2, 0.25) is 0 Å². The van der Waals surface area contributed by atoms with Crippen molar-refractivity contribution in [2.45, 2.75) is 51.7 Å². The Hall–Kier alpha value is -0.610. The van der Waals surface area contributed by atoms with E-state index in [2.05, 4.69) is 12.2 Å². The SMILES string of the molecule is CCC1OCCC1CNC(=O)CCC(C)N. The second-order valence-corrected chi connectivity index (χ2v) is 4.69. The van der Waals surface area contributed by atoms with E-state index >= 15 is 0 Å². The second-order valence-electron chi connectivity index (χ2n) is 4.69. The van der Waals surface area contributed by atoms with Gasteiger partial charge in [0.2, 0.25) is 5.91 Å². The molecule has 1 aliphatic rings. The molecule has 1 aliphatic heterocycles. The molecule has 0 spiro atoms. The van der Waals surface area contributed by atoms with Gasteiger partial charge in [-0.2, -0.15) is 0 Å². The topological polar surface area (TPSA) is 64.3 Å². The molecule has 0 aromatic rings. The lowest BCUT2D eigenvalue weighted by Gasteiger charge is -2.17. The van der Waals surface area contributed by atoms with E-state index < -0.39 is 0 Å². The van der Waals surface area contributed by atoms with Gasteiger partial charge in [-0.05, 0) is 26.2 Å². The van der Waals surface area contributed by atoms with Gasteiger partial charge >= 0.3 is 0 Å². The Balaban J connectivity index is 2.16. The molecular weight excluding hydrogens is 204 g/mol. The van der Waals surface area contributed by atoms with Gasteiger partial charge in [-0.25, -0.2) is 0 Å². The minimum Gasteiger partial charge on any atom is -0.378 e. The summed E-state index contributed by atoms with van der Waals surface area (Å²) in [5, 5.41) is 2.97. The summed E-state index contributed by atoms with van der Waals surface area (Å²) in [5.74, 6) is 0.600. The third kappa shape index (κ3) is 4.49. The molecule has 0 saturated carbocycles. The fourth-order valence-corrected chi connectivity index (χ4v) is 2.07. The van der Waals surface area contributed by atoms with E-state index in [9.17, 15) is 4.79 Å². The number of nitrogens with two attached hydrogens (primary N) is 1. The van der Waals surface area contributed by atoms with Gasteiger partial charge in [0, 0.05) is 31.5 Å². The van der Waals surface area contributed by atoms with E-state index in [1.165, 1.54) is 0 Å². The van der Waals surface area contributed by atoms with Gasteiger partial charge in [-0.15, -0.1) is 0 Å². The molecule has 0 radical (unpaired) electrons. The quantitative estimate of drug-likeness (QED) is 0.714. The first kappa shape index (κ1) is 13.5. The van der Waals surface area contributed by atoms with Crippen molar-refractivity contribution in [2.75, 3.05) is 13.2 Å². The van der Waals surface area contributed by atoms with Crippen LogP contribution in [0.3, 0.4) is 0 Å². The van der Waals surface area contributed by atoms with Crippen molar-refractivity contribution in [1.82, 2.24) is 5.32 Å². The normalized spacial score (nSPS) is 26.7. The summed E-state index contributed by atoms with van der Waals surface area (Å²) in [6.45, 7) is 5.63. The molecule has 1 saturated heterocycles. The van der Waals surface area contributed by atoms with Crippen LogP contribution in [0.4, 0.5) is 0 Å². The monoisotopic (exact) mass is 228 g/mol. The highest BCUT2D eigenvalue weighted by atomic mass is 16.5. The van der Waals surface area contributed by atoms with Crippen molar-refractivity contribution in [3.8, 4) is 0 Å². The molecule has 1 rings (SSSR count). The molecule has 0 aromatic heterocycles. The summed E-state index contributed by atoms with van der Waals surface area (Å²) in [4.78, 5) is 11.5. The van der Waals surface area contributed by atoms with Crippen molar-refractivity contribution in [3.63, 3.8) is 0 Å². The number of hydrogen-bond donors (Lipinski definition) is 2. The third-order valence-corrected chi connectivity index (χ3v) is 3.14. The van der Waals surface area contributed by atoms with E-state index in [1.54, 1.807) is 0 Å². The summed E-state index contributed by atoms with van der Waals surface area (Å²) in [7, 11) is 0. The lowest BCUT2D eigenvalue weighted by Crippen LogP contribution is -2.33. The first-order chi connectivity index (χ1) is 7.63. The lowest BCUT2D eigenvalue weighted by molar-refractivity contribution is -0.121. The van der Waals surface area contributed by atoms with Crippen LogP contribution in [0.1, 0.15) is 39.5 Å². The molecule has 1 fully saturated rings. The Bertz CT molecular complexity index is 219. The molecule has 16 heavy (non-hydrogen) atoms. The van der Waals surface area contributed by atoms with Crippen LogP contribution >= 0.6 is 0 Å². The molecule has 1 heterocycles. The summed E-state index contributed by atoms with van der Waals surface area (Å²) in [6, 6.07) is 0.101.